The second-order valence-electron chi connectivity index (χ2n) is 9.43. The van der Waals surface area contributed by atoms with Gasteiger partial charge in [0.1, 0.15) is 5.65 Å². The number of piperidine rings is 1. The van der Waals surface area contributed by atoms with E-state index in [0.717, 1.165) is 66.4 Å². The lowest BCUT2D eigenvalue weighted by atomic mass is 9.92. The van der Waals surface area contributed by atoms with E-state index in [1.807, 2.05) is 78.6 Å². The fourth-order valence-corrected chi connectivity index (χ4v) is 5.79. The Morgan fingerprint density at radius 1 is 1.11 bits per heavy atom. The van der Waals surface area contributed by atoms with E-state index in [-0.39, 0.29) is 11.8 Å². The molecule has 0 unspecified atom stereocenters. The van der Waals surface area contributed by atoms with Crippen molar-refractivity contribution in [3.8, 4) is 0 Å². The number of carbonyl (C=O) groups is 2. The third-order valence-corrected chi connectivity index (χ3v) is 7.90. The lowest BCUT2D eigenvalue weighted by Crippen LogP contribution is -2.38. The average Bonchev–Trinajstić information content (AvgIpc) is 3.31. The smallest absolute Gasteiger partial charge is 0.258 e. The number of carbonyl (C=O) groups excluding carboxylic acids is 2. The van der Waals surface area contributed by atoms with E-state index in [2.05, 4.69) is 14.7 Å². The minimum absolute atomic E-state index is 0.0276. The van der Waals surface area contributed by atoms with Gasteiger partial charge < -0.3 is 15.1 Å². The molecule has 2 aliphatic rings. The van der Waals surface area contributed by atoms with Gasteiger partial charge in [-0.15, -0.1) is 0 Å². The molecule has 2 aromatic heterocycles. The molecule has 0 saturated carbocycles. The minimum atomic E-state index is -0.0276. The Balaban J connectivity index is 1.04. The molecule has 182 valence electrons. The van der Waals surface area contributed by atoms with Crippen LogP contribution in [-0.4, -0.2) is 59.8 Å². The van der Waals surface area contributed by atoms with Crippen molar-refractivity contribution in [2.45, 2.75) is 30.7 Å². The molecular weight excluding hydrogens is 458 g/mol. The lowest BCUT2D eigenvalue weighted by molar-refractivity contribution is -0.116. The third-order valence-electron chi connectivity index (χ3n) is 6.85. The number of imidazole rings is 1. The zero-order valence-corrected chi connectivity index (χ0v) is 21.1. The number of nitrogens with one attached hydrogen (secondary N) is 1. The van der Waals surface area contributed by atoms with Gasteiger partial charge in [0.05, 0.1) is 21.8 Å². The molecule has 1 fully saturated rings. The number of likely N-dealkylation sites (tertiary alicyclic amines) is 1. The van der Waals surface area contributed by atoms with E-state index >= 15 is 0 Å². The number of amides is 2. The van der Waals surface area contributed by atoms with Crippen LogP contribution in [0, 0.1) is 5.92 Å². The number of benzene rings is 1. The molecule has 8 heteroatoms. The van der Waals surface area contributed by atoms with Crippen LogP contribution < -0.4 is 10.2 Å². The van der Waals surface area contributed by atoms with Crippen LogP contribution in [0.25, 0.3) is 11.7 Å². The highest BCUT2D eigenvalue weighted by atomic mass is 32.2. The molecule has 0 bridgehead atoms. The number of thioether (sulfide) groups is 1. The standard InChI is InChI=1S/C27H31N5O2S/c1-30(2)21-10-8-20(9-11-21)27(34)31-15-12-19(13-16-31)5-4-14-28-26(33)23-17-22-18-29-24-6-3-7-25(35-23)32(22)24/h3,6-11,17-19H,4-5,12-16H2,1-2H3,(H,28,33). The number of hydrogen-bond acceptors (Lipinski definition) is 5. The number of pyridine rings is 1. The van der Waals surface area contributed by atoms with Gasteiger partial charge >= 0.3 is 0 Å². The molecule has 4 heterocycles. The van der Waals surface area contributed by atoms with Gasteiger partial charge in [0, 0.05) is 45.0 Å². The van der Waals surface area contributed by atoms with Crippen LogP contribution in [0.4, 0.5) is 5.69 Å². The SMILES string of the molecule is CN(C)c1ccc(C(=O)N2CCC(CCCNC(=O)C3=Cc4cnc5cccc(n45)S3)CC2)cc1. The van der Waals surface area contributed by atoms with E-state index in [0.29, 0.717) is 17.4 Å². The summed E-state index contributed by atoms with van der Waals surface area (Å²) in [5.41, 5.74) is 3.69. The Hall–Kier alpha value is -3.26. The topological polar surface area (TPSA) is 70.0 Å². The molecule has 2 aliphatic heterocycles. The number of aromatic nitrogens is 2. The molecule has 5 rings (SSSR count). The Kier molecular flexibility index (Phi) is 6.81. The summed E-state index contributed by atoms with van der Waals surface area (Å²) >= 11 is 1.48. The van der Waals surface area contributed by atoms with Crippen LogP contribution in [0.1, 0.15) is 41.7 Å². The van der Waals surface area contributed by atoms with Gasteiger partial charge in [0.2, 0.25) is 0 Å². The van der Waals surface area contributed by atoms with Gasteiger partial charge in [0.25, 0.3) is 11.8 Å². The molecule has 0 radical (unpaired) electrons. The van der Waals surface area contributed by atoms with Crippen molar-refractivity contribution in [3.05, 3.63) is 64.8 Å². The van der Waals surface area contributed by atoms with Crippen molar-refractivity contribution in [1.82, 2.24) is 19.6 Å². The molecule has 0 atom stereocenters. The normalized spacial score (nSPS) is 15.7. The van der Waals surface area contributed by atoms with Crippen LogP contribution in [0.5, 0.6) is 0 Å². The van der Waals surface area contributed by atoms with Crippen LogP contribution in [0.15, 0.2) is 58.6 Å². The molecule has 0 spiro atoms. The van der Waals surface area contributed by atoms with Crippen LogP contribution >= 0.6 is 11.8 Å². The van der Waals surface area contributed by atoms with Crippen molar-refractivity contribution < 1.29 is 9.59 Å². The van der Waals surface area contributed by atoms with Gasteiger partial charge in [-0.1, -0.05) is 17.8 Å². The van der Waals surface area contributed by atoms with Crippen LogP contribution in [0.2, 0.25) is 0 Å². The molecule has 2 amide bonds. The maximum absolute atomic E-state index is 12.8. The quantitative estimate of drug-likeness (QED) is 0.501. The van der Waals surface area contributed by atoms with Crippen molar-refractivity contribution in [2.24, 2.45) is 5.92 Å². The van der Waals surface area contributed by atoms with E-state index in [9.17, 15) is 9.59 Å². The largest absolute Gasteiger partial charge is 0.378 e. The number of anilines is 1. The predicted octanol–water partition coefficient (Wildman–Crippen LogP) is 4.30. The van der Waals surface area contributed by atoms with Crippen molar-refractivity contribution in [1.29, 1.82) is 0 Å². The number of nitrogens with zero attached hydrogens (tertiary/aromatic N) is 4. The summed E-state index contributed by atoms with van der Waals surface area (Å²) in [7, 11) is 3.99. The zero-order chi connectivity index (χ0) is 24.4. The monoisotopic (exact) mass is 489 g/mol. The van der Waals surface area contributed by atoms with Crippen molar-refractivity contribution in [2.75, 3.05) is 38.6 Å². The minimum Gasteiger partial charge on any atom is -0.378 e. The van der Waals surface area contributed by atoms with Gasteiger partial charge in [-0.3, -0.25) is 14.0 Å². The van der Waals surface area contributed by atoms with Gasteiger partial charge in [0.15, 0.2) is 0 Å². The summed E-state index contributed by atoms with van der Waals surface area (Å²) in [5.74, 6) is 0.693. The Bertz CT molecular complexity index is 1260. The summed E-state index contributed by atoms with van der Waals surface area (Å²) in [6, 6.07) is 13.8. The number of rotatable bonds is 7. The molecule has 35 heavy (non-hydrogen) atoms. The molecular formula is C27H31N5O2S. The first-order valence-corrected chi connectivity index (χ1v) is 13.0. The van der Waals surface area contributed by atoms with Gasteiger partial charge in [-0.2, -0.15) is 0 Å². The van der Waals surface area contributed by atoms with Gasteiger partial charge in [-0.25, -0.2) is 4.98 Å². The highest BCUT2D eigenvalue weighted by Crippen LogP contribution is 2.34. The van der Waals surface area contributed by atoms with E-state index in [1.165, 1.54) is 11.8 Å². The summed E-state index contributed by atoms with van der Waals surface area (Å²) in [5, 5.41) is 4.09. The predicted molar refractivity (Wildman–Crippen MR) is 141 cm³/mol. The first-order valence-electron chi connectivity index (χ1n) is 12.2. The first kappa shape index (κ1) is 23.5. The average molecular weight is 490 g/mol. The van der Waals surface area contributed by atoms with Gasteiger partial charge in [-0.05, 0) is 74.1 Å². The maximum atomic E-state index is 12.8. The van der Waals surface area contributed by atoms with Crippen LogP contribution in [-0.2, 0) is 4.79 Å². The summed E-state index contributed by atoms with van der Waals surface area (Å²) in [6.07, 6.45) is 7.77. The van der Waals surface area contributed by atoms with Crippen molar-refractivity contribution >= 4 is 41.0 Å². The lowest BCUT2D eigenvalue weighted by Gasteiger charge is -2.32. The second-order valence-corrected chi connectivity index (χ2v) is 10.5. The Morgan fingerprint density at radius 2 is 1.89 bits per heavy atom. The summed E-state index contributed by atoms with van der Waals surface area (Å²) < 4.78 is 2.07. The summed E-state index contributed by atoms with van der Waals surface area (Å²) in [6.45, 7) is 2.26. The second kappa shape index (κ2) is 10.2. The molecule has 7 nitrogen and oxygen atoms in total. The molecule has 3 aromatic rings. The molecule has 1 N–H and O–H groups in total. The fourth-order valence-electron chi connectivity index (χ4n) is 4.79. The fraction of sp³-hybridized carbons (Fsp3) is 0.370. The molecule has 1 aromatic carbocycles. The van der Waals surface area contributed by atoms with E-state index in [1.54, 1.807) is 0 Å². The Labute approximate surface area is 210 Å². The van der Waals surface area contributed by atoms with Crippen molar-refractivity contribution in [3.63, 3.8) is 0 Å². The first-order chi connectivity index (χ1) is 17.0. The third kappa shape index (κ3) is 5.07. The summed E-state index contributed by atoms with van der Waals surface area (Å²) in [4.78, 5) is 34.7. The molecule has 1 saturated heterocycles. The Morgan fingerprint density at radius 3 is 2.63 bits per heavy atom. The highest BCUT2D eigenvalue weighted by Gasteiger charge is 2.24. The van der Waals surface area contributed by atoms with E-state index < -0.39 is 0 Å². The molecule has 0 aliphatic carbocycles. The van der Waals surface area contributed by atoms with Crippen LogP contribution in [0.3, 0.4) is 0 Å². The number of hydrogen-bond donors (Lipinski definition) is 1. The maximum Gasteiger partial charge on any atom is 0.258 e. The zero-order valence-electron chi connectivity index (χ0n) is 20.2. The van der Waals surface area contributed by atoms with E-state index in [4.69, 9.17) is 0 Å². The highest BCUT2D eigenvalue weighted by molar-refractivity contribution is 8.04.